The molecule has 0 saturated heterocycles. The van der Waals surface area contributed by atoms with Crippen molar-refractivity contribution in [2.24, 2.45) is 5.92 Å². The van der Waals surface area contributed by atoms with Gasteiger partial charge in [-0.1, -0.05) is 12.8 Å². The van der Waals surface area contributed by atoms with Crippen molar-refractivity contribution >= 4 is 5.69 Å². The Morgan fingerprint density at radius 3 is 2.59 bits per heavy atom. The largest absolute Gasteiger partial charge is 0.491 e. The molecule has 1 aromatic carbocycles. The molecule has 1 aliphatic carbocycles. The fraction of sp³-hybridized carbons (Fsp3) is 0.538. The minimum Gasteiger partial charge on any atom is -0.491 e. The maximum atomic E-state index is 5.92. The second-order valence-electron chi connectivity index (χ2n) is 4.61. The monoisotopic (exact) mass is 235 g/mol. The van der Waals surface area contributed by atoms with Gasteiger partial charge in [0.05, 0.1) is 12.3 Å². The van der Waals surface area contributed by atoms with Crippen LogP contribution in [0.25, 0.3) is 0 Å². The first-order valence-corrected chi connectivity index (χ1v) is 6.15. The number of fused-ring (bicyclic) bond motifs is 1. The molecule has 1 saturated carbocycles. The van der Waals surface area contributed by atoms with Crippen molar-refractivity contribution < 1.29 is 14.2 Å². The lowest BCUT2D eigenvalue weighted by molar-refractivity contribution is 0.170. The molecule has 1 aliphatic heterocycles. The summed E-state index contributed by atoms with van der Waals surface area (Å²) in [6.07, 6.45) is 3.81. The van der Waals surface area contributed by atoms with E-state index in [1.54, 1.807) is 6.07 Å². The van der Waals surface area contributed by atoms with E-state index in [4.69, 9.17) is 19.9 Å². The van der Waals surface area contributed by atoms with E-state index in [9.17, 15) is 0 Å². The first-order valence-electron chi connectivity index (χ1n) is 6.15. The summed E-state index contributed by atoms with van der Waals surface area (Å²) in [5, 5.41) is 0. The van der Waals surface area contributed by atoms with Gasteiger partial charge in [-0.3, -0.25) is 0 Å². The van der Waals surface area contributed by atoms with Gasteiger partial charge >= 0.3 is 0 Å². The molecule has 1 fully saturated rings. The summed E-state index contributed by atoms with van der Waals surface area (Å²) in [6, 6.07) is 3.61. The topological polar surface area (TPSA) is 53.7 Å². The number of rotatable bonds is 4. The molecule has 1 heterocycles. The molecule has 0 amide bonds. The summed E-state index contributed by atoms with van der Waals surface area (Å²) in [4.78, 5) is 0. The number of anilines is 1. The van der Waals surface area contributed by atoms with Crippen molar-refractivity contribution in [2.45, 2.75) is 19.3 Å². The number of nitrogen functional groups attached to an aromatic ring is 1. The van der Waals surface area contributed by atoms with E-state index in [-0.39, 0.29) is 0 Å². The van der Waals surface area contributed by atoms with Gasteiger partial charge in [0.1, 0.15) is 19.0 Å². The van der Waals surface area contributed by atoms with E-state index in [2.05, 4.69) is 0 Å². The van der Waals surface area contributed by atoms with Crippen LogP contribution in [0.3, 0.4) is 0 Å². The highest BCUT2D eigenvalue weighted by Crippen LogP contribution is 2.38. The van der Waals surface area contributed by atoms with Crippen molar-refractivity contribution in [3.05, 3.63) is 12.1 Å². The SMILES string of the molecule is Nc1cc2c(cc1OCCC1CC1)OCCO2. The van der Waals surface area contributed by atoms with Gasteiger partial charge < -0.3 is 19.9 Å². The number of nitrogens with two attached hydrogens (primary N) is 1. The van der Waals surface area contributed by atoms with E-state index in [0.29, 0.717) is 30.4 Å². The molecule has 0 aromatic heterocycles. The van der Waals surface area contributed by atoms with E-state index in [1.165, 1.54) is 12.8 Å². The fourth-order valence-corrected chi connectivity index (χ4v) is 1.95. The van der Waals surface area contributed by atoms with E-state index < -0.39 is 0 Å². The molecule has 0 spiro atoms. The molecule has 3 rings (SSSR count). The van der Waals surface area contributed by atoms with Crippen molar-refractivity contribution in [1.29, 1.82) is 0 Å². The van der Waals surface area contributed by atoms with Crippen LogP contribution in [0.2, 0.25) is 0 Å². The Hall–Kier alpha value is -1.58. The summed E-state index contributed by atoms with van der Waals surface area (Å²) < 4.78 is 16.6. The van der Waals surface area contributed by atoms with E-state index in [1.807, 2.05) is 6.07 Å². The third-order valence-corrected chi connectivity index (χ3v) is 3.16. The minimum absolute atomic E-state index is 0.578. The van der Waals surface area contributed by atoms with Crippen LogP contribution in [0.4, 0.5) is 5.69 Å². The Kier molecular flexibility index (Phi) is 2.71. The molecule has 0 radical (unpaired) electrons. The lowest BCUT2D eigenvalue weighted by Crippen LogP contribution is -2.15. The quantitative estimate of drug-likeness (QED) is 0.813. The Balaban J connectivity index is 1.69. The molecule has 0 atom stereocenters. The third kappa shape index (κ3) is 2.40. The number of benzene rings is 1. The van der Waals surface area contributed by atoms with E-state index in [0.717, 1.165) is 24.7 Å². The van der Waals surface area contributed by atoms with Crippen LogP contribution in [0.15, 0.2) is 12.1 Å². The maximum Gasteiger partial charge on any atom is 0.165 e. The summed E-state index contributed by atoms with van der Waals surface area (Å²) in [6.45, 7) is 1.89. The van der Waals surface area contributed by atoms with Crippen LogP contribution in [0, 0.1) is 5.92 Å². The minimum atomic E-state index is 0.578. The second kappa shape index (κ2) is 4.35. The van der Waals surface area contributed by atoms with E-state index >= 15 is 0 Å². The highest BCUT2D eigenvalue weighted by molar-refractivity contribution is 5.62. The maximum absolute atomic E-state index is 5.92. The average Bonchev–Trinajstić information content (AvgIpc) is 3.14. The Morgan fingerprint density at radius 2 is 1.88 bits per heavy atom. The van der Waals surface area contributed by atoms with Gasteiger partial charge in [-0.05, 0) is 12.3 Å². The second-order valence-corrected chi connectivity index (χ2v) is 4.61. The van der Waals surface area contributed by atoms with Crippen LogP contribution in [-0.4, -0.2) is 19.8 Å². The number of ether oxygens (including phenoxy) is 3. The first-order chi connectivity index (χ1) is 8.33. The fourth-order valence-electron chi connectivity index (χ4n) is 1.95. The summed E-state index contributed by atoms with van der Waals surface area (Å²) in [5.41, 5.74) is 6.53. The normalized spacial score (nSPS) is 17.9. The summed E-state index contributed by atoms with van der Waals surface area (Å²) in [7, 11) is 0. The van der Waals surface area contributed by atoms with Gasteiger partial charge in [-0.2, -0.15) is 0 Å². The molecule has 0 bridgehead atoms. The van der Waals surface area contributed by atoms with Crippen LogP contribution < -0.4 is 19.9 Å². The van der Waals surface area contributed by atoms with Gasteiger partial charge in [-0.25, -0.2) is 0 Å². The van der Waals surface area contributed by atoms with Crippen molar-refractivity contribution in [3.8, 4) is 17.2 Å². The highest BCUT2D eigenvalue weighted by atomic mass is 16.6. The molecule has 92 valence electrons. The molecule has 0 unspecified atom stereocenters. The zero-order chi connectivity index (χ0) is 11.7. The highest BCUT2D eigenvalue weighted by Gasteiger charge is 2.21. The van der Waals surface area contributed by atoms with Gasteiger partial charge in [0.15, 0.2) is 11.5 Å². The van der Waals surface area contributed by atoms with Crippen LogP contribution >= 0.6 is 0 Å². The lowest BCUT2D eigenvalue weighted by atomic mass is 10.2. The Morgan fingerprint density at radius 1 is 1.18 bits per heavy atom. The van der Waals surface area contributed by atoms with Gasteiger partial charge in [-0.15, -0.1) is 0 Å². The van der Waals surface area contributed by atoms with Gasteiger partial charge in [0.2, 0.25) is 0 Å². The Labute approximate surface area is 101 Å². The zero-order valence-electron chi connectivity index (χ0n) is 9.78. The molecule has 2 aliphatic rings. The molecular weight excluding hydrogens is 218 g/mol. The smallest absolute Gasteiger partial charge is 0.165 e. The first kappa shape index (κ1) is 10.6. The lowest BCUT2D eigenvalue weighted by Gasteiger charge is -2.20. The summed E-state index contributed by atoms with van der Waals surface area (Å²) >= 11 is 0. The molecule has 17 heavy (non-hydrogen) atoms. The van der Waals surface area contributed by atoms with Crippen LogP contribution in [0.1, 0.15) is 19.3 Å². The zero-order valence-corrected chi connectivity index (χ0v) is 9.78. The van der Waals surface area contributed by atoms with Gasteiger partial charge in [0, 0.05) is 12.1 Å². The average molecular weight is 235 g/mol. The van der Waals surface area contributed by atoms with Crippen molar-refractivity contribution in [3.63, 3.8) is 0 Å². The predicted octanol–water partition coefficient (Wildman–Crippen LogP) is 2.22. The Bertz CT molecular complexity index is 415. The predicted molar refractivity (Wildman–Crippen MR) is 64.7 cm³/mol. The molecule has 1 aromatic rings. The number of hydrogen-bond donors (Lipinski definition) is 1. The summed E-state index contributed by atoms with van der Waals surface area (Å²) in [5.74, 6) is 3.01. The molecular formula is C13H17NO3. The molecule has 2 N–H and O–H groups in total. The van der Waals surface area contributed by atoms with Crippen LogP contribution in [-0.2, 0) is 0 Å². The third-order valence-electron chi connectivity index (χ3n) is 3.16. The molecule has 4 nitrogen and oxygen atoms in total. The van der Waals surface area contributed by atoms with Gasteiger partial charge in [0.25, 0.3) is 0 Å². The number of hydrogen-bond acceptors (Lipinski definition) is 4. The standard InChI is InChI=1S/C13H17NO3/c14-10-7-12-13(17-6-5-16-12)8-11(10)15-4-3-9-1-2-9/h7-9H,1-6,14H2. The van der Waals surface area contributed by atoms with Crippen molar-refractivity contribution in [1.82, 2.24) is 0 Å². The molecule has 4 heteroatoms. The van der Waals surface area contributed by atoms with Crippen LogP contribution in [0.5, 0.6) is 17.2 Å². The van der Waals surface area contributed by atoms with Crippen molar-refractivity contribution in [2.75, 3.05) is 25.6 Å².